The van der Waals surface area contributed by atoms with Crippen LogP contribution in [0, 0.1) is 0 Å². The lowest BCUT2D eigenvalue weighted by atomic mass is 9.97. The molecule has 0 saturated carbocycles. The Morgan fingerprint density at radius 3 is 2.47 bits per heavy atom. The van der Waals surface area contributed by atoms with Crippen molar-refractivity contribution < 1.29 is 28.2 Å². The van der Waals surface area contributed by atoms with E-state index in [4.69, 9.17) is 10.2 Å². The molecule has 3 nitrogen and oxygen atoms in total. The van der Waals surface area contributed by atoms with Gasteiger partial charge in [-0.25, -0.2) is 9.18 Å². The van der Waals surface area contributed by atoms with Crippen LogP contribution in [0.5, 0.6) is 0 Å². The van der Waals surface area contributed by atoms with Crippen molar-refractivity contribution in [2.45, 2.75) is 18.4 Å². The fraction of sp³-hybridized carbons (Fsp3) is 0.364. The maximum Gasteiger partial charge on any atom is 0.332 e. The van der Waals surface area contributed by atoms with Crippen LogP contribution in [-0.4, -0.2) is 29.0 Å². The van der Waals surface area contributed by atoms with Gasteiger partial charge in [0, 0.05) is 12.0 Å². The molecule has 0 fully saturated rings. The van der Waals surface area contributed by atoms with Crippen LogP contribution < -0.4 is 0 Å². The average molecular weight is 248 g/mol. The normalized spacial score (nSPS) is 13.4. The molecule has 0 aromatic heterocycles. The molecule has 0 aliphatic heterocycles. The van der Waals surface area contributed by atoms with E-state index in [0.29, 0.717) is 0 Å². The van der Waals surface area contributed by atoms with Crippen LogP contribution >= 0.6 is 0 Å². The average Bonchev–Trinajstić information content (AvgIpc) is 2.29. The summed E-state index contributed by atoms with van der Waals surface area (Å²) in [5, 5.41) is 17.6. The quantitative estimate of drug-likeness (QED) is 0.834. The van der Waals surface area contributed by atoms with Crippen molar-refractivity contribution in [2.75, 3.05) is 6.67 Å². The summed E-state index contributed by atoms with van der Waals surface area (Å²) >= 11 is 0. The minimum absolute atomic E-state index is 0.0787. The van der Waals surface area contributed by atoms with Gasteiger partial charge in [0.05, 0.1) is 0 Å². The van der Waals surface area contributed by atoms with Gasteiger partial charge in [-0.05, 0) is 5.56 Å². The van der Waals surface area contributed by atoms with E-state index in [-0.39, 0.29) is 5.56 Å². The maximum absolute atomic E-state index is 13.2. The third kappa shape index (κ3) is 3.20. The van der Waals surface area contributed by atoms with E-state index in [2.05, 4.69) is 0 Å². The summed E-state index contributed by atoms with van der Waals surface area (Å²) in [5.74, 6) is -5.18. The van der Waals surface area contributed by atoms with Crippen molar-refractivity contribution in [1.29, 1.82) is 0 Å². The molecule has 2 N–H and O–H groups in total. The highest BCUT2D eigenvalue weighted by molar-refractivity contribution is 5.72. The molecule has 17 heavy (non-hydrogen) atoms. The Balaban J connectivity index is 3.04. The van der Waals surface area contributed by atoms with Crippen molar-refractivity contribution in [3.63, 3.8) is 0 Å². The molecule has 1 atom stereocenters. The highest BCUT2D eigenvalue weighted by Crippen LogP contribution is 2.31. The number of carbonyl (C=O) groups is 1. The second kappa shape index (κ2) is 5.18. The summed E-state index contributed by atoms with van der Waals surface area (Å²) in [5.41, 5.74) is -0.673. The second-order valence-corrected chi connectivity index (χ2v) is 3.55. The zero-order valence-electron chi connectivity index (χ0n) is 8.74. The number of hydrogen-bond acceptors (Lipinski definition) is 2. The number of hydrogen-bond donors (Lipinski definition) is 2. The Bertz CT molecular complexity index is 407. The monoisotopic (exact) mass is 248 g/mol. The van der Waals surface area contributed by atoms with Crippen molar-refractivity contribution in [2.24, 2.45) is 0 Å². The van der Waals surface area contributed by atoms with E-state index in [9.17, 15) is 18.0 Å². The Labute approximate surface area is 95.5 Å². The summed E-state index contributed by atoms with van der Waals surface area (Å²) in [6, 6.07) is 4.98. The molecule has 0 radical (unpaired) electrons. The molecule has 0 amide bonds. The first-order chi connectivity index (χ1) is 7.88. The lowest BCUT2D eigenvalue weighted by Gasteiger charge is -2.17. The second-order valence-electron chi connectivity index (χ2n) is 3.55. The molecular formula is C11H11F3O3. The number of rotatable bonds is 5. The number of alkyl halides is 3. The molecule has 0 spiro atoms. The number of aliphatic hydroxyl groups is 1. The first kappa shape index (κ1) is 13.5. The fourth-order valence-corrected chi connectivity index (χ4v) is 1.42. The molecule has 94 valence electrons. The summed E-state index contributed by atoms with van der Waals surface area (Å²) in [6.45, 7) is -1.87. The van der Waals surface area contributed by atoms with Gasteiger partial charge in [0.15, 0.2) is 12.8 Å². The number of benzene rings is 1. The predicted octanol–water partition coefficient (Wildman–Crippen LogP) is 1.74. The van der Waals surface area contributed by atoms with Crippen LogP contribution in [0.1, 0.15) is 11.1 Å². The van der Waals surface area contributed by atoms with Crippen molar-refractivity contribution in [3.05, 3.63) is 35.4 Å². The van der Waals surface area contributed by atoms with E-state index in [0.717, 1.165) is 6.07 Å². The van der Waals surface area contributed by atoms with Crippen LogP contribution in [0.3, 0.4) is 0 Å². The van der Waals surface area contributed by atoms with E-state index < -0.39 is 36.7 Å². The summed E-state index contributed by atoms with van der Waals surface area (Å²) < 4.78 is 38.6. The van der Waals surface area contributed by atoms with Gasteiger partial charge in [0.25, 0.3) is 0 Å². The Morgan fingerprint density at radius 2 is 1.94 bits per heavy atom. The summed E-state index contributed by atoms with van der Waals surface area (Å²) in [4.78, 5) is 10.4. The largest absolute Gasteiger partial charge is 0.479 e. The van der Waals surface area contributed by atoms with Gasteiger partial charge in [0.2, 0.25) is 0 Å². The zero-order valence-corrected chi connectivity index (χ0v) is 8.74. The van der Waals surface area contributed by atoms with Gasteiger partial charge in [-0.2, -0.15) is 8.78 Å². The molecule has 6 heteroatoms. The fourth-order valence-electron chi connectivity index (χ4n) is 1.42. The van der Waals surface area contributed by atoms with Gasteiger partial charge in [-0.15, -0.1) is 0 Å². The lowest BCUT2D eigenvalue weighted by molar-refractivity contribution is -0.146. The van der Waals surface area contributed by atoms with Crippen molar-refractivity contribution in [3.8, 4) is 0 Å². The predicted molar refractivity (Wildman–Crippen MR) is 53.7 cm³/mol. The molecular weight excluding hydrogens is 237 g/mol. The molecule has 0 aliphatic carbocycles. The number of carboxylic acids is 1. The minimum atomic E-state index is -3.67. The molecule has 1 rings (SSSR count). The van der Waals surface area contributed by atoms with E-state index >= 15 is 0 Å². The maximum atomic E-state index is 13.2. The third-order valence-corrected chi connectivity index (χ3v) is 2.28. The van der Waals surface area contributed by atoms with Gasteiger partial charge < -0.3 is 10.2 Å². The van der Waals surface area contributed by atoms with E-state index in [1.807, 2.05) is 0 Å². The lowest BCUT2D eigenvalue weighted by Crippen LogP contribution is -2.25. The third-order valence-electron chi connectivity index (χ3n) is 2.28. The van der Waals surface area contributed by atoms with Crippen LogP contribution in [0.4, 0.5) is 13.2 Å². The molecule has 0 aliphatic rings. The summed E-state index contributed by atoms with van der Waals surface area (Å²) in [6.07, 6.45) is -2.27. The molecule has 0 heterocycles. The first-order valence-corrected chi connectivity index (χ1v) is 4.81. The molecule has 1 aromatic carbocycles. The van der Waals surface area contributed by atoms with Crippen LogP contribution in [0.15, 0.2) is 24.3 Å². The Morgan fingerprint density at radius 1 is 1.35 bits per heavy atom. The molecule has 1 aromatic rings. The van der Waals surface area contributed by atoms with Crippen molar-refractivity contribution >= 4 is 5.97 Å². The van der Waals surface area contributed by atoms with Gasteiger partial charge in [-0.3, -0.25) is 0 Å². The zero-order chi connectivity index (χ0) is 13.1. The van der Waals surface area contributed by atoms with Crippen molar-refractivity contribution in [1.82, 2.24) is 0 Å². The number of aliphatic carboxylic acids is 1. The first-order valence-electron chi connectivity index (χ1n) is 4.81. The topological polar surface area (TPSA) is 57.5 Å². The number of carboxylic acid groups (broad SMARTS) is 1. The molecule has 0 bridgehead atoms. The molecule has 0 saturated heterocycles. The van der Waals surface area contributed by atoms with Crippen LogP contribution in [0.25, 0.3) is 0 Å². The smallest absolute Gasteiger partial charge is 0.332 e. The summed E-state index contributed by atoms with van der Waals surface area (Å²) in [7, 11) is 0. The highest BCUT2D eigenvalue weighted by atomic mass is 19.3. The number of aliphatic hydroxyl groups excluding tert-OH is 1. The van der Waals surface area contributed by atoms with Gasteiger partial charge in [-0.1, -0.05) is 24.3 Å². The standard InChI is InChI=1S/C11H11F3O3/c12-6-11(13,14)8-4-2-1-3-7(8)5-9(15)10(16)17/h1-4,9,15H,5-6H2,(H,16,17)/t9-/m1/s1. The number of halogens is 3. The minimum Gasteiger partial charge on any atom is -0.479 e. The van der Waals surface area contributed by atoms with Crippen LogP contribution in [0.2, 0.25) is 0 Å². The van der Waals surface area contributed by atoms with E-state index in [1.165, 1.54) is 18.2 Å². The SMILES string of the molecule is O=C(O)[C@H](O)Cc1ccccc1C(F)(F)CF. The van der Waals surface area contributed by atoms with E-state index in [1.54, 1.807) is 0 Å². The molecule has 0 unspecified atom stereocenters. The highest BCUT2D eigenvalue weighted by Gasteiger charge is 2.34. The Hall–Kier alpha value is -1.56. The Kier molecular flexibility index (Phi) is 4.11. The van der Waals surface area contributed by atoms with Gasteiger partial charge in [0.1, 0.15) is 0 Å². The van der Waals surface area contributed by atoms with Crippen LogP contribution in [-0.2, 0) is 17.1 Å². The van der Waals surface area contributed by atoms with Gasteiger partial charge >= 0.3 is 11.9 Å².